The highest BCUT2D eigenvalue weighted by Crippen LogP contribution is 2.43. The average Bonchev–Trinajstić information content (AvgIpc) is 3.05. The number of imide groups is 1. The van der Waals surface area contributed by atoms with Crippen LogP contribution in [-0.4, -0.2) is 34.5 Å². The fraction of sp³-hybridized carbons (Fsp3) is 0.867. The molecule has 0 aromatic rings. The first-order valence-electron chi connectivity index (χ1n) is 7.61. The molecule has 2 aliphatic carbocycles. The molecule has 4 nitrogen and oxygen atoms in total. The Morgan fingerprint density at radius 2 is 1.68 bits per heavy atom. The number of aliphatic hydroxyl groups is 1. The maximum absolute atomic E-state index is 12.3. The lowest BCUT2D eigenvalue weighted by Gasteiger charge is -2.24. The van der Waals surface area contributed by atoms with E-state index in [1.807, 2.05) is 0 Å². The Morgan fingerprint density at radius 1 is 1.16 bits per heavy atom. The molecule has 2 amide bonds. The first-order chi connectivity index (χ1) is 9.08. The van der Waals surface area contributed by atoms with Crippen LogP contribution in [0.4, 0.5) is 0 Å². The lowest BCUT2D eigenvalue weighted by atomic mass is 10.00. The van der Waals surface area contributed by atoms with Gasteiger partial charge >= 0.3 is 0 Å². The zero-order valence-corrected chi connectivity index (χ0v) is 11.5. The third kappa shape index (κ3) is 2.20. The molecule has 3 atom stereocenters. The Labute approximate surface area is 114 Å². The number of β-amino-alcohol motifs (C(OH)–C–C–N with tert-alkyl or cyclic N) is 1. The van der Waals surface area contributed by atoms with Crippen molar-refractivity contribution in [2.24, 2.45) is 23.7 Å². The molecule has 1 heterocycles. The highest BCUT2D eigenvalue weighted by molar-refractivity contribution is 6.05. The van der Waals surface area contributed by atoms with Crippen molar-refractivity contribution >= 4 is 11.8 Å². The quantitative estimate of drug-likeness (QED) is 0.788. The number of amides is 2. The summed E-state index contributed by atoms with van der Waals surface area (Å²) in [5, 5.41) is 10.2. The van der Waals surface area contributed by atoms with E-state index in [-0.39, 0.29) is 36.1 Å². The zero-order chi connectivity index (χ0) is 13.6. The lowest BCUT2D eigenvalue weighted by Crippen LogP contribution is -2.40. The minimum Gasteiger partial charge on any atom is -0.391 e. The fourth-order valence-electron chi connectivity index (χ4n) is 4.20. The smallest absolute Gasteiger partial charge is 0.233 e. The molecule has 3 fully saturated rings. The first kappa shape index (κ1) is 13.1. The molecule has 3 unspecified atom stereocenters. The third-order valence-electron chi connectivity index (χ3n) is 5.28. The summed E-state index contributed by atoms with van der Waals surface area (Å²) in [6, 6.07) is 0. The van der Waals surface area contributed by atoms with E-state index < -0.39 is 6.10 Å². The Balaban J connectivity index is 1.65. The molecule has 0 radical (unpaired) electrons. The molecule has 19 heavy (non-hydrogen) atoms. The van der Waals surface area contributed by atoms with Gasteiger partial charge in [-0.2, -0.15) is 0 Å². The van der Waals surface area contributed by atoms with Crippen molar-refractivity contribution in [3.05, 3.63) is 0 Å². The van der Waals surface area contributed by atoms with E-state index in [0.29, 0.717) is 5.92 Å². The molecule has 1 N–H and O–H groups in total. The monoisotopic (exact) mass is 265 g/mol. The van der Waals surface area contributed by atoms with Crippen LogP contribution in [0.1, 0.15) is 45.4 Å². The van der Waals surface area contributed by atoms with Crippen molar-refractivity contribution in [3.63, 3.8) is 0 Å². The molecule has 0 aromatic carbocycles. The van der Waals surface area contributed by atoms with E-state index in [9.17, 15) is 14.7 Å². The van der Waals surface area contributed by atoms with Crippen molar-refractivity contribution in [1.82, 2.24) is 4.90 Å². The molecule has 106 valence electrons. The summed E-state index contributed by atoms with van der Waals surface area (Å²) in [4.78, 5) is 25.9. The van der Waals surface area contributed by atoms with Crippen LogP contribution in [-0.2, 0) is 9.59 Å². The molecular weight excluding hydrogens is 242 g/mol. The van der Waals surface area contributed by atoms with Gasteiger partial charge in [0.15, 0.2) is 0 Å². The predicted octanol–water partition coefficient (Wildman–Crippen LogP) is 1.57. The molecule has 0 bridgehead atoms. The number of fused-ring (bicyclic) bond motifs is 1. The largest absolute Gasteiger partial charge is 0.391 e. The summed E-state index contributed by atoms with van der Waals surface area (Å²) >= 11 is 0. The molecule has 0 spiro atoms. The van der Waals surface area contributed by atoms with Gasteiger partial charge in [0.2, 0.25) is 11.8 Å². The van der Waals surface area contributed by atoms with Crippen LogP contribution in [0.2, 0.25) is 0 Å². The van der Waals surface area contributed by atoms with Crippen LogP contribution < -0.4 is 0 Å². The molecule has 1 aliphatic heterocycles. The molecule has 2 saturated carbocycles. The number of carbonyl (C=O) groups excluding carboxylic acids is 2. The number of aliphatic hydroxyl groups excluding tert-OH is 1. The number of hydrogen-bond donors (Lipinski definition) is 1. The van der Waals surface area contributed by atoms with Crippen molar-refractivity contribution in [1.29, 1.82) is 0 Å². The molecule has 3 aliphatic rings. The van der Waals surface area contributed by atoms with Crippen molar-refractivity contribution in [2.45, 2.75) is 51.6 Å². The van der Waals surface area contributed by atoms with Crippen molar-refractivity contribution in [2.75, 3.05) is 6.54 Å². The van der Waals surface area contributed by atoms with Gasteiger partial charge in [-0.1, -0.05) is 19.8 Å². The van der Waals surface area contributed by atoms with Gasteiger partial charge in [0.25, 0.3) is 0 Å². The molecule has 1 saturated heterocycles. The Kier molecular flexibility index (Phi) is 3.37. The van der Waals surface area contributed by atoms with Crippen LogP contribution in [0.5, 0.6) is 0 Å². The number of rotatable bonds is 3. The van der Waals surface area contributed by atoms with Gasteiger partial charge in [-0.25, -0.2) is 0 Å². The Bertz CT molecular complexity index is 365. The predicted molar refractivity (Wildman–Crippen MR) is 70.1 cm³/mol. The number of likely N-dealkylation sites (tertiary alicyclic amines) is 1. The molecule has 4 heteroatoms. The SMILES string of the molecule is CC1CC2C(=O)N(CC(O)C3CCCC3)C(=O)C2C1. The summed E-state index contributed by atoms with van der Waals surface area (Å²) in [5.41, 5.74) is 0. The van der Waals surface area contributed by atoms with E-state index in [4.69, 9.17) is 0 Å². The lowest BCUT2D eigenvalue weighted by molar-refractivity contribution is -0.142. The minimum absolute atomic E-state index is 0.0311. The van der Waals surface area contributed by atoms with E-state index in [0.717, 1.165) is 38.5 Å². The average molecular weight is 265 g/mol. The second kappa shape index (κ2) is 4.89. The van der Waals surface area contributed by atoms with Crippen LogP contribution in [0.3, 0.4) is 0 Å². The maximum atomic E-state index is 12.3. The normalized spacial score (nSPS) is 37.2. The number of nitrogens with zero attached hydrogens (tertiary/aromatic N) is 1. The highest BCUT2D eigenvalue weighted by Gasteiger charge is 2.52. The van der Waals surface area contributed by atoms with Gasteiger partial charge in [0, 0.05) is 0 Å². The van der Waals surface area contributed by atoms with Crippen LogP contribution in [0.25, 0.3) is 0 Å². The minimum atomic E-state index is -0.522. The Morgan fingerprint density at radius 3 is 2.21 bits per heavy atom. The number of hydrogen-bond acceptors (Lipinski definition) is 3. The van der Waals surface area contributed by atoms with Gasteiger partial charge in [-0.3, -0.25) is 14.5 Å². The Hall–Kier alpha value is -0.900. The van der Waals surface area contributed by atoms with E-state index in [2.05, 4.69) is 6.92 Å². The fourth-order valence-corrected chi connectivity index (χ4v) is 4.20. The van der Waals surface area contributed by atoms with Gasteiger partial charge in [0.1, 0.15) is 0 Å². The summed E-state index contributed by atoms with van der Waals surface area (Å²) in [6.07, 6.45) is 5.53. The molecular formula is C15H23NO3. The van der Waals surface area contributed by atoms with Crippen LogP contribution in [0.15, 0.2) is 0 Å². The van der Waals surface area contributed by atoms with Gasteiger partial charge in [0.05, 0.1) is 24.5 Å². The van der Waals surface area contributed by atoms with Crippen LogP contribution in [0, 0.1) is 23.7 Å². The summed E-state index contributed by atoms with van der Waals surface area (Å²) < 4.78 is 0. The van der Waals surface area contributed by atoms with Crippen molar-refractivity contribution in [3.8, 4) is 0 Å². The van der Waals surface area contributed by atoms with E-state index >= 15 is 0 Å². The standard InChI is InChI=1S/C15H23NO3/c1-9-6-11-12(7-9)15(19)16(14(11)18)8-13(17)10-4-2-3-5-10/h9-13,17H,2-8H2,1H3. The van der Waals surface area contributed by atoms with Crippen LogP contribution >= 0.6 is 0 Å². The first-order valence-corrected chi connectivity index (χ1v) is 7.61. The topological polar surface area (TPSA) is 57.6 Å². The third-order valence-corrected chi connectivity index (χ3v) is 5.28. The van der Waals surface area contributed by atoms with Crippen molar-refractivity contribution < 1.29 is 14.7 Å². The molecule has 3 rings (SSSR count). The second-order valence-corrected chi connectivity index (χ2v) is 6.69. The summed E-state index contributed by atoms with van der Waals surface area (Å²) in [5.74, 6) is 0.495. The van der Waals surface area contributed by atoms with E-state index in [1.165, 1.54) is 4.90 Å². The van der Waals surface area contributed by atoms with E-state index in [1.54, 1.807) is 0 Å². The van der Waals surface area contributed by atoms with Gasteiger partial charge in [-0.05, 0) is 37.5 Å². The zero-order valence-electron chi connectivity index (χ0n) is 11.5. The summed E-state index contributed by atoms with van der Waals surface area (Å²) in [7, 11) is 0. The van der Waals surface area contributed by atoms with Gasteiger partial charge in [-0.15, -0.1) is 0 Å². The van der Waals surface area contributed by atoms with Gasteiger partial charge < -0.3 is 5.11 Å². The number of carbonyl (C=O) groups is 2. The highest BCUT2D eigenvalue weighted by atomic mass is 16.3. The second-order valence-electron chi connectivity index (χ2n) is 6.69. The maximum Gasteiger partial charge on any atom is 0.233 e. The summed E-state index contributed by atoms with van der Waals surface area (Å²) in [6.45, 7) is 2.33. The molecule has 0 aromatic heterocycles.